The Hall–Kier alpha value is -3.02. The number of urea groups is 1. The van der Waals surface area contributed by atoms with Crippen molar-refractivity contribution < 1.29 is 14.3 Å². The molecule has 3 amide bonds. The van der Waals surface area contributed by atoms with E-state index in [1.54, 1.807) is 29.2 Å². The molecule has 0 saturated heterocycles. The van der Waals surface area contributed by atoms with Gasteiger partial charge in [-0.25, -0.2) is 4.79 Å². The molecule has 130 valence electrons. The molecule has 0 saturated carbocycles. The van der Waals surface area contributed by atoms with Crippen molar-refractivity contribution in [3.63, 3.8) is 0 Å². The molecule has 0 radical (unpaired) electrons. The van der Waals surface area contributed by atoms with Crippen molar-refractivity contribution in [1.29, 1.82) is 0 Å². The van der Waals surface area contributed by atoms with Crippen LogP contribution in [0.2, 0.25) is 0 Å². The lowest BCUT2D eigenvalue weighted by Crippen LogP contribution is -2.38. The SMILES string of the molecule is CCOc1ccc2c(c1)CN(C(=O)Nc1cccc(C(N)=O)c1)CC2. The molecule has 6 nitrogen and oxygen atoms in total. The average molecular weight is 339 g/mol. The molecule has 2 aromatic carbocycles. The molecular weight excluding hydrogens is 318 g/mol. The fourth-order valence-corrected chi connectivity index (χ4v) is 2.92. The van der Waals surface area contributed by atoms with Crippen LogP contribution in [0.25, 0.3) is 0 Å². The van der Waals surface area contributed by atoms with Gasteiger partial charge in [-0.2, -0.15) is 0 Å². The Balaban J connectivity index is 1.70. The van der Waals surface area contributed by atoms with Crippen LogP contribution in [0, 0.1) is 0 Å². The molecule has 0 aliphatic carbocycles. The van der Waals surface area contributed by atoms with Crippen molar-refractivity contribution in [1.82, 2.24) is 4.90 Å². The predicted molar refractivity (Wildman–Crippen MR) is 95.7 cm³/mol. The summed E-state index contributed by atoms with van der Waals surface area (Å²) in [5.74, 6) is 0.295. The maximum Gasteiger partial charge on any atom is 0.322 e. The zero-order valence-electron chi connectivity index (χ0n) is 14.1. The van der Waals surface area contributed by atoms with Gasteiger partial charge < -0.3 is 20.7 Å². The number of fused-ring (bicyclic) bond motifs is 1. The van der Waals surface area contributed by atoms with E-state index in [1.807, 2.05) is 19.1 Å². The summed E-state index contributed by atoms with van der Waals surface area (Å²) in [5, 5.41) is 2.83. The molecule has 3 N–H and O–H groups in total. The monoisotopic (exact) mass is 339 g/mol. The van der Waals surface area contributed by atoms with Crippen LogP contribution in [-0.4, -0.2) is 30.0 Å². The second kappa shape index (κ2) is 7.25. The van der Waals surface area contributed by atoms with Crippen LogP contribution in [0.5, 0.6) is 5.75 Å². The molecule has 0 atom stereocenters. The lowest BCUT2D eigenvalue weighted by atomic mass is 10.00. The summed E-state index contributed by atoms with van der Waals surface area (Å²) in [6.07, 6.45) is 0.802. The summed E-state index contributed by atoms with van der Waals surface area (Å²) in [4.78, 5) is 25.5. The maximum atomic E-state index is 12.5. The fraction of sp³-hybridized carbons (Fsp3) is 0.263. The Labute approximate surface area is 146 Å². The zero-order chi connectivity index (χ0) is 17.8. The minimum Gasteiger partial charge on any atom is -0.494 e. The second-order valence-corrected chi connectivity index (χ2v) is 5.91. The first-order chi connectivity index (χ1) is 12.1. The number of carbonyl (C=O) groups excluding carboxylic acids is 2. The van der Waals surface area contributed by atoms with Gasteiger partial charge in [-0.1, -0.05) is 12.1 Å². The Morgan fingerprint density at radius 2 is 2.04 bits per heavy atom. The van der Waals surface area contributed by atoms with Gasteiger partial charge in [0.25, 0.3) is 0 Å². The van der Waals surface area contributed by atoms with Crippen LogP contribution in [-0.2, 0) is 13.0 Å². The molecule has 25 heavy (non-hydrogen) atoms. The Morgan fingerprint density at radius 1 is 1.20 bits per heavy atom. The van der Waals surface area contributed by atoms with E-state index in [2.05, 4.69) is 11.4 Å². The normalized spacial score (nSPS) is 13.1. The number of hydrogen-bond acceptors (Lipinski definition) is 3. The predicted octanol–water partition coefficient (Wildman–Crippen LogP) is 2.77. The van der Waals surface area contributed by atoms with Gasteiger partial charge in [0.15, 0.2) is 0 Å². The number of amides is 3. The van der Waals surface area contributed by atoms with Crippen LogP contribution in [0.3, 0.4) is 0 Å². The van der Waals surface area contributed by atoms with Gasteiger partial charge in [0, 0.05) is 24.3 Å². The van der Waals surface area contributed by atoms with E-state index in [4.69, 9.17) is 10.5 Å². The third kappa shape index (κ3) is 3.91. The molecule has 0 bridgehead atoms. The topological polar surface area (TPSA) is 84.7 Å². The molecule has 3 rings (SSSR count). The highest BCUT2D eigenvalue weighted by Gasteiger charge is 2.21. The fourth-order valence-electron chi connectivity index (χ4n) is 2.92. The van der Waals surface area contributed by atoms with Crippen molar-refractivity contribution in [3.05, 3.63) is 59.2 Å². The van der Waals surface area contributed by atoms with Crippen molar-refractivity contribution in [2.24, 2.45) is 5.73 Å². The summed E-state index contributed by atoms with van der Waals surface area (Å²) in [6, 6.07) is 12.4. The standard InChI is InChI=1S/C19H21N3O3/c1-2-25-17-7-6-13-8-9-22(12-15(13)11-17)19(24)21-16-5-3-4-14(10-16)18(20)23/h3-7,10-11H,2,8-9,12H2,1H3,(H2,20,23)(H,21,24). The van der Waals surface area contributed by atoms with Crippen LogP contribution in [0.1, 0.15) is 28.4 Å². The van der Waals surface area contributed by atoms with E-state index in [-0.39, 0.29) is 6.03 Å². The molecule has 0 fully saturated rings. The molecule has 2 aromatic rings. The van der Waals surface area contributed by atoms with Gasteiger partial charge >= 0.3 is 6.03 Å². The molecule has 1 heterocycles. The summed E-state index contributed by atoms with van der Waals surface area (Å²) in [5.41, 5.74) is 8.52. The van der Waals surface area contributed by atoms with Crippen molar-refractivity contribution >= 4 is 17.6 Å². The summed E-state index contributed by atoms with van der Waals surface area (Å²) in [7, 11) is 0. The summed E-state index contributed by atoms with van der Waals surface area (Å²) < 4.78 is 5.54. The molecule has 1 aliphatic rings. The largest absolute Gasteiger partial charge is 0.494 e. The number of primary amides is 1. The molecule has 0 unspecified atom stereocenters. The number of rotatable bonds is 4. The van der Waals surface area contributed by atoms with Crippen LogP contribution < -0.4 is 15.8 Å². The van der Waals surface area contributed by atoms with Gasteiger partial charge in [-0.15, -0.1) is 0 Å². The third-order valence-electron chi connectivity index (χ3n) is 4.19. The molecule has 1 aliphatic heterocycles. The number of hydrogen-bond donors (Lipinski definition) is 2. The Morgan fingerprint density at radius 3 is 2.80 bits per heavy atom. The number of nitrogens with one attached hydrogen (secondary N) is 1. The van der Waals surface area contributed by atoms with E-state index in [1.165, 1.54) is 5.56 Å². The van der Waals surface area contributed by atoms with Gasteiger partial charge in [0.2, 0.25) is 5.91 Å². The Bertz CT molecular complexity index is 804. The summed E-state index contributed by atoms with van der Waals surface area (Å²) in [6.45, 7) is 3.72. The first-order valence-corrected chi connectivity index (χ1v) is 8.27. The lowest BCUT2D eigenvalue weighted by molar-refractivity contribution is 0.1000. The quantitative estimate of drug-likeness (QED) is 0.898. The van der Waals surface area contributed by atoms with Gasteiger partial charge in [-0.3, -0.25) is 4.79 Å². The number of ether oxygens (including phenoxy) is 1. The van der Waals surface area contributed by atoms with E-state index in [0.29, 0.717) is 30.9 Å². The lowest BCUT2D eigenvalue weighted by Gasteiger charge is -2.29. The third-order valence-corrected chi connectivity index (χ3v) is 4.19. The van der Waals surface area contributed by atoms with Crippen LogP contribution >= 0.6 is 0 Å². The first kappa shape index (κ1) is 16.8. The van der Waals surface area contributed by atoms with Crippen molar-refractivity contribution in [2.45, 2.75) is 19.9 Å². The van der Waals surface area contributed by atoms with Crippen LogP contribution in [0.4, 0.5) is 10.5 Å². The zero-order valence-corrected chi connectivity index (χ0v) is 14.1. The smallest absolute Gasteiger partial charge is 0.322 e. The number of nitrogens with two attached hydrogens (primary N) is 1. The molecule has 0 spiro atoms. The average Bonchev–Trinajstić information content (AvgIpc) is 2.61. The molecule has 6 heteroatoms. The molecule has 0 aromatic heterocycles. The Kier molecular flexibility index (Phi) is 4.88. The van der Waals surface area contributed by atoms with Gasteiger partial charge in [0.05, 0.1) is 6.61 Å². The maximum absolute atomic E-state index is 12.5. The number of benzene rings is 2. The van der Waals surface area contributed by atoms with E-state index >= 15 is 0 Å². The number of nitrogens with zero attached hydrogens (tertiary/aromatic N) is 1. The second-order valence-electron chi connectivity index (χ2n) is 5.91. The highest BCUT2D eigenvalue weighted by atomic mass is 16.5. The minimum atomic E-state index is -0.522. The van der Waals surface area contributed by atoms with Crippen molar-refractivity contribution in [3.8, 4) is 5.75 Å². The number of carbonyl (C=O) groups is 2. The van der Waals surface area contributed by atoms with Crippen molar-refractivity contribution in [2.75, 3.05) is 18.5 Å². The van der Waals surface area contributed by atoms with Gasteiger partial charge in [-0.05, 0) is 54.8 Å². The van der Waals surface area contributed by atoms with Crippen LogP contribution in [0.15, 0.2) is 42.5 Å². The molecular formula is C19H21N3O3. The van der Waals surface area contributed by atoms with E-state index in [9.17, 15) is 9.59 Å². The summed E-state index contributed by atoms with van der Waals surface area (Å²) >= 11 is 0. The number of anilines is 1. The highest BCUT2D eigenvalue weighted by molar-refractivity contribution is 5.95. The first-order valence-electron chi connectivity index (χ1n) is 8.27. The van der Waals surface area contributed by atoms with Gasteiger partial charge in [0.1, 0.15) is 5.75 Å². The minimum absolute atomic E-state index is 0.200. The van der Waals surface area contributed by atoms with E-state index < -0.39 is 5.91 Å². The highest BCUT2D eigenvalue weighted by Crippen LogP contribution is 2.24. The van der Waals surface area contributed by atoms with E-state index in [0.717, 1.165) is 17.7 Å².